The molecule has 0 aromatic heterocycles. The van der Waals surface area contributed by atoms with Gasteiger partial charge in [0.1, 0.15) is 12.6 Å². The van der Waals surface area contributed by atoms with Crippen molar-refractivity contribution >= 4 is 11.9 Å². The van der Waals surface area contributed by atoms with Crippen LogP contribution in [0.2, 0.25) is 0 Å². The maximum atomic E-state index is 12.0. The molecule has 2 rings (SSSR count). The molecule has 0 heterocycles. The molecule has 0 aliphatic carbocycles. The number of ether oxygens (including phenoxy) is 1. The lowest BCUT2D eigenvalue weighted by molar-refractivity contribution is -0.149. The van der Waals surface area contributed by atoms with E-state index in [0.29, 0.717) is 0 Å². The van der Waals surface area contributed by atoms with Crippen LogP contribution in [0.1, 0.15) is 33.3 Å². The second-order valence-corrected chi connectivity index (χ2v) is 7.12. The van der Waals surface area contributed by atoms with Crippen molar-refractivity contribution in [3.05, 3.63) is 60.2 Å². The van der Waals surface area contributed by atoms with E-state index in [1.54, 1.807) is 27.7 Å². The average molecular weight is 339 g/mol. The van der Waals surface area contributed by atoms with Crippen molar-refractivity contribution in [1.29, 1.82) is 0 Å². The molecule has 0 aliphatic heterocycles. The first-order chi connectivity index (χ1) is 11.8. The third kappa shape index (κ3) is 5.45. The van der Waals surface area contributed by atoms with Crippen LogP contribution in [-0.4, -0.2) is 17.9 Å². The largest absolute Gasteiger partial charge is 0.459 e. The molecule has 0 bridgehead atoms. The van der Waals surface area contributed by atoms with Crippen LogP contribution >= 0.6 is 0 Å². The highest BCUT2D eigenvalue weighted by Gasteiger charge is 2.25. The van der Waals surface area contributed by atoms with Gasteiger partial charge in [0.05, 0.1) is 0 Å². The van der Waals surface area contributed by atoms with E-state index in [0.717, 1.165) is 16.7 Å². The second-order valence-electron chi connectivity index (χ2n) is 7.12. The lowest BCUT2D eigenvalue weighted by atomic mass is 9.95. The Morgan fingerprint density at radius 2 is 1.52 bits per heavy atom. The van der Waals surface area contributed by atoms with Gasteiger partial charge in [-0.1, -0.05) is 75.4 Å². The van der Waals surface area contributed by atoms with E-state index in [4.69, 9.17) is 4.74 Å². The molecule has 0 saturated carbocycles. The Morgan fingerprint density at radius 1 is 0.960 bits per heavy atom. The number of hydrogen-bond acceptors (Lipinski definition) is 3. The Kier molecular flexibility index (Phi) is 5.97. The first-order valence-corrected chi connectivity index (χ1v) is 8.39. The van der Waals surface area contributed by atoms with Crippen LogP contribution < -0.4 is 5.32 Å². The number of hydrogen-bond donors (Lipinski definition) is 1. The van der Waals surface area contributed by atoms with Crippen molar-refractivity contribution in [1.82, 2.24) is 5.32 Å². The highest BCUT2D eigenvalue weighted by Crippen LogP contribution is 2.19. The molecule has 1 amide bonds. The van der Waals surface area contributed by atoms with E-state index in [1.807, 2.05) is 42.5 Å². The van der Waals surface area contributed by atoms with Gasteiger partial charge in [0.15, 0.2) is 0 Å². The molecule has 0 fully saturated rings. The van der Waals surface area contributed by atoms with Crippen molar-refractivity contribution in [2.24, 2.45) is 5.41 Å². The summed E-state index contributed by atoms with van der Waals surface area (Å²) in [5.74, 6) is -0.617. The molecule has 1 N–H and O–H groups in total. The Morgan fingerprint density at radius 3 is 2.08 bits per heavy atom. The number of benzene rings is 2. The number of esters is 1. The highest BCUT2D eigenvalue weighted by molar-refractivity contribution is 5.87. The summed E-state index contributed by atoms with van der Waals surface area (Å²) in [5.41, 5.74) is 2.62. The van der Waals surface area contributed by atoms with Gasteiger partial charge in [-0.05, 0) is 23.6 Å². The molecule has 132 valence electrons. The second kappa shape index (κ2) is 7.97. The molecule has 0 radical (unpaired) electrons. The van der Waals surface area contributed by atoms with E-state index < -0.39 is 17.4 Å². The van der Waals surface area contributed by atoms with Gasteiger partial charge in [0, 0.05) is 5.41 Å². The summed E-state index contributed by atoms with van der Waals surface area (Å²) in [5, 5.41) is 2.67. The van der Waals surface area contributed by atoms with Gasteiger partial charge < -0.3 is 10.1 Å². The first kappa shape index (κ1) is 18.7. The lowest BCUT2D eigenvalue weighted by Gasteiger charge is -2.21. The first-order valence-electron chi connectivity index (χ1n) is 8.39. The molecule has 1 unspecified atom stereocenters. The lowest BCUT2D eigenvalue weighted by Crippen LogP contribution is -2.44. The zero-order valence-corrected chi connectivity index (χ0v) is 15.2. The van der Waals surface area contributed by atoms with E-state index in [9.17, 15) is 9.59 Å². The zero-order valence-electron chi connectivity index (χ0n) is 15.2. The third-order valence-corrected chi connectivity index (χ3v) is 3.82. The normalized spacial score (nSPS) is 12.3. The van der Waals surface area contributed by atoms with E-state index in [-0.39, 0.29) is 12.5 Å². The molecule has 0 aliphatic rings. The van der Waals surface area contributed by atoms with Gasteiger partial charge in [-0.3, -0.25) is 4.79 Å². The number of amides is 1. The Bertz CT molecular complexity index is 715. The van der Waals surface area contributed by atoms with Gasteiger partial charge >= 0.3 is 5.97 Å². The van der Waals surface area contributed by atoms with Gasteiger partial charge in [-0.2, -0.15) is 0 Å². The van der Waals surface area contributed by atoms with Gasteiger partial charge in [-0.15, -0.1) is 0 Å². The number of rotatable bonds is 5. The van der Waals surface area contributed by atoms with Crippen molar-refractivity contribution in [3.8, 4) is 11.1 Å². The Labute approximate surface area is 149 Å². The summed E-state index contributed by atoms with van der Waals surface area (Å²) in [4.78, 5) is 23.9. The van der Waals surface area contributed by atoms with Gasteiger partial charge in [0.25, 0.3) is 0 Å². The third-order valence-electron chi connectivity index (χ3n) is 3.82. The van der Waals surface area contributed by atoms with Crippen LogP contribution in [0.3, 0.4) is 0 Å². The minimum absolute atomic E-state index is 0.177. The van der Waals surface area contributed by atoms with Crippen molar-refractivity contribution in [2.45, 2.75) is 40.3 Å². The summed E-state index contributed by atoms with van der Waals surface area (Å²) in [6.07, 6.45) is 0. The van der Waals surface area contributed by atoms with Crippen LogP contribution in [0.4, 0.5) is 0 Å². The van der Waals surface area contributed by atoms with Crippen LogP contribution in [-0.2, 0) is 20.9 Å². The van der Waals surface area contributed by atoms with Crippen molar-refractivity contribution in [2.75, 3.05) is 0 Å². The van der Waals surface area contributed by atoms with Gasteiger partial charge in [-0.25, -0.2) is 4.79 Å². The number of carbonyl (C=O) groups excluding carboxylic acids is 2. The SMILES string of the molecule is CC(NC(=O)C(C)(C)C)C(=O)OCc1ccc(-c2ccccc2)cc1. The maximum Gasteiger partial charge on any atom is 0.328 e. The average Bonchev–Trinajstić information content (AvgIpc) is 2.60. The summed E-state index contributed by atoms with van der Waals surface area (Å²) < 4.78 is 5.30. The molecule has 1 atom stereocenters. The smallest absolute Gasteiger partial charge is 0.328 e. The monoisotopic (exact) mass is 339 g/mol. The maximum absolute atomic E-state index is 12.0. The Balaban J connectivity index is 1.88. The molecule has 2 aromatic carbocycles. The Hall–Kier alpha value is -2.62. The van der Waals surface area contributed by atoms with Crippen LogP contribution in [0.15, 0.2) is 54.6 Å². The molecule has 2 aromatic rings. The molecule has 4 nitrogen and oxygen atoms in total. The molecule has 4 heteroatoms. The predicted molar refractivity (Wildman–Crippen MR) is 98.7 cm³/mol. The minimum Gasteiger partial charge on any atom is -0.459 e. The topological polar surface area (TPSA) is 55.4 Å². The summed E-state index contributed by atoms with van der Waals surface area (Å²) in [6.45, 7) is 7.21. The zero-order chi connectivity index (χ0) is 18.4. The molecule has 0 saturated heterocycles. The molecular weight excluding hydrogens is 314 g/mol. The van der Waals surface area contributed by atoms with Crippen LogP contribution in [0, 0.1) is 5.41 Å². The predicted octanol–water partition coefficient (Wildman–Crippen LogP) is 3.95. The summed E-state index contributed by atoms with van der Waals surface area (Å²) in [7, 11) is 0. The van der Waals surface area contributed by atoms with Crippen LogP contribution in [0.25, 0.3) is 11.1 Å². The van der Waals surface area contributed by atoms with E-state index in [1.165, 1.54) is 0 Å². The fourth-order valence-corrected chi connectivity index (χ4v) is 2.18. The number of nitrogens with one attached hydrogen (secondary N) is 1. The molecular formula is C21H25NO3. The van der Waals surface area contributed by atoms with Gasteiger partial charge in [0.2, 0.25) is 5.91 Å². The minimum atomic E-state index is -0.671. The summed E-state index contributed by atoms with van der Waals surface area (Å²) >= 11 is 0. The molecule has 25 heavy (non-hydrogen) atoms. The quantitative estimate of drug-likeness (QED) is 0.839. The van der Waals surface area contributed by atoms with Crippen molar-refractivity contribution in [3.63, 3.8) is 0 Å². The van der Waals surface area contributed by atoms with E-state index >= 15 is 0 Å². The fourth-order valence-electron chi connectivity index (χ4n) is 2.18. The highest BCUT2D eigenvalue weighted by atomic mass is 16.5. The van der Waals surface area contributed by atoms with E-state index in [2.05, 4.69) is 17.4 Å². The summed E-state index contributed by atoms with van der Waals surface area (Å²) in [6, 6.07) is 17.3. The fraction of sp³-hybridized carbons (Fsp3) is 0.333. The standard InChI is InChI=1S/C21H25NO3/c1-15(22-20(24)21(2,3)4)19(23)25-14-16-10-12-18(13-11-16)17-8-6-5-7-9-17/h5-13,15H,14H2,1-4H3,(H,22,24). The van der Waals surface area contributed by atoms with Crippen molar-refractivity contribution < 1.29 is 14.3 Å². The molecule has 0 spiro atoms. The van der Waals surface area contributed by atoms with Crippen LogP contribution in [0.5, 0.6) is 0 Å². The number of carbonyl (C=O) groups is 2.